The number of nitrogens with zero attached hydrogens (tertiary/aromatic N) is 2. The Bertz CT molecular complexity index is 1150. The van der Waals surface area contributed by atoms with Gasteiger partial charge in [-0.2, -0.15) is 4.31 Å². The molecule has 9 nitrogen and oxygen atoms in total. The zero-order valence-corrected chi connectivity index (χ0v) is 20.0. The number of aryl methyl sites for hydroxylation is 2. The molecule has 2 aromatic rings. The number of hydrogen-bond acceptors (Lipinski definition) is 6. The van der Waals surface area contributed by atoms with Gasteiger partial charge in [0.1, 0.15) is 5.75 Å². The maximum Gasteiger partial charge on any atom is 0.270 e. The number of nitro benzene ring substituents is 1. The van der Waals surface area contributed by atoms with E-state index in [1.165, 1.54) is 16.4 Å². The molecule has 178 valence electrons. The van der Waals surface area contributed by atoms with Gasteiger partial charge < -0.3 is 10.1 Å². The van der Waals surface area contributed by atoms with Crippen LogP contribution in [-0.2, 0) is 14.8 Å². The van der Waals surface area contributed by atoms with Gasteiger partial charge in [-0.15, -0.1) is 0 Å². The molecule has 1 amide bonds. The summed E-state index contributed by atoms with van der Waals surface area (Å²) in [7, 11) is -3.89. The summed E-state index contributed by atoms with van der Waals surface area (Å²) in [5.74, 6) is 0.253. The van der Waals surface area contributed by atoms with Crippen molar-refractivity contribution in [3.63, 3.8) is 0 Å². The fraction of sp³-hybridized carbons (Fsp3) is 0.435. The topological polar surface area (TPSA) is 119 Å². The van der Waals surface area contributed by atoms with Gasteiger partial charge >= 0.3 is 0 Å². The van der Waals surface area contributed by atoms with Crippen molar-refractivity contribution < 1.29 is 22.9 Å². The first-order valence-electron chi connectivity index (χ1n) is 10.8. The van der Waals surface area contributed by atoms with Gasteiger partial charge in [-0.05, 0) is 69.9 Å². The van der Waals surface area contributed by atoms with Crippen LogP contribution in [0.4, 0.5) is 11.4 Å². The number of non-ortho nitro benzene ring substituents is 1. The van der Waals surface area contributed by atoms with Crippen LogP contribution in [0.3, 0.4) is 0 Å². The standard InChI is InChI=1S/C23H29N3O6S/c1-15(2)32-20-7-8-21(17(4)13-20)24-23(27)18-9-11-25(12-10-18)33(30,31)22-14-19(26(28)29)6-5-16(22)3/h5-8,13-15,18H,9-12H2,1-4H3,(H,24,27). The van der Waals surface area contributed by atoms with Gasteiger partial charge in [-0.3, -0.25) is 14.9 Å². The minimum absolute atomic E-state index is 0.0529. The highest BCUT2D eigenvalue weighted by Gasteiger charge is 2.33. The number of nitrogens with one attached hydrogen (secondary N) is 1. The van der Waals surface area contributed by atoms with Crippen LogP contribution < -0.4 is 10.1 Å². The molecule has 1 heterocycles. The molecule has 0 bridgehead atoms. The summed E-state index contributed by atoms with van der Waals surface area (Å²) in [6, 6.07) is 9.29. The fourth-order valence-corrected chi connectivity index (χ4v) is 5.55. The van der Waals surface area contributed by atoms with Crippen LogP contribution in [0.5, 0.6) is 5.75 Å². The lowest BCUT2D eigenvalue weighted by Gasteiger charge is -2.31. The number of sulfonamides is 1. The Morgan fingerprint density at radius 3 is 2.36 bits per heavy atom. The molecule has 0 atom stereocenters. The van der Waals surface area contributed by atoms with Gasteiger partial charge in [-0.25, -0.2) is 8.42 Å². The van der Waals surface area contributed by atoms with Gasteiger partial charge in [0, 0.05) is 36.8 Å². The van der Waals surface area contributed by atoms with E-state index in [2.05, 4.69) is 5.32 Å². The van der Waals surface area contributed by atoms with Crippen molar-refractivity contribution in [2.45, 2.75) is 51.5 Å². The number of amides is 1. The third-order valence-corrected chi connectivity index (χ3v) is 7.69. The molecule has 1 saturated heterocycles. The number of benzene rings is 2. The third-order valence-electron chi connectivity index (χ3n) is 5.65. The lowest BCUT2D eigenvalue weighted by atomic mass is 9.97. The summed E-state index contributed by atoms with van der Waals surface area (Å²) >= 11 is 0. The summed E-state index contributed by atoms with van der Waals surface area (Å²) in [4.78, 5) is 23.2. The number of nitro groups is 1. The molecule has 10 heteroatoms. The quantitative estimate of drug-likeness (QED) is 0.477. The first-order valence-corrected chi connectivity index (χ1v) is 12.3. The molecule has 33 heavy (non-hydrogen) atoms. The van der Waals surface area contributed by atoms with Crippen molar-refractivity contribution in [3.8, 4) is 5.75 Å². The minimum atomic E-state index is -3.89. The number of anilines is 1. The van der Waals surface area contributed by atoms with Gasteiger partial charge in [0.15, 0.2) is 0 Å². The minimum Gasteiger partial charge on any atom is -0.491 e. The molecule has 1 N–H and O–H groups in total. The number of carbonyl (C=O) groups is 1. The smallest absolute Gasteiger partial charge is 0.270 e. The van der Waals surface area contributed by atoms with Crippen molar-refractivity contribution >= 4 is 27.3 Å². The highest BCUT2D eigenvalue weighted by Crippen LogP contribution is 2.29. The summed E-state index contributed by atoms with van der Waals surface area (Å²) in [6.45, 7) is 7.72. The maximum absolute atomic E-state index is 13.1. The van der Waals surface area contributed by atoms with Gasteiger partial charge in [0.2, 0.25) is 15.9 Å². The second-order valence-electron chi connectivity index (χ2n) is 8.52. The molecule has 1 aliphatic heterocycles. The van der Waals surface area contributed by atoms with E-state index in [1.54, 1.807) is 19.1 Å². The van der Waals surface area contributed by atoms with Crippen molar-refractivity contribution in [1.29, 1.82) is 0 Å². The van der Waals surface area contributed by atoms with Crippen LogP contribution in [0.1, 0.15) is 37.8 Å². The third kappa shape index (κ3) is 5.69. The summed E-state index contributed by atoms with van der Waals surface area (Å²) in [5.41, 5.74) is 1.75. The lowest BCUT2D eigenvalue weighted by Crippen LogP contribution is -2.41. The van der Waals surface area contributed by atoms with E-state index in [4.69, 9.17) is 4.74 Å². The normalized spacial score (nSPS) is 15.4. The Balaban J connectivity index is 1.65. The first kappa shape index (κ1) is 24.7. The second kappa shape index (κ2) is 9.88. The zero-order valence-electron chi connectivity index (χ0n) is 19.2. The number of carbonyl (C=O) groups excluding carboxylic acids is 1. The maximum atomic E-state index is 13.1. The molecule has 3 rings (SSSR count). The van der Waals surface area contributed by atoms with E-state index in [0.29, 0.717) is 24.1 Å². The molecule has 0 spiro atoms. The molecule has 2 aromatic carbocycles. The van der Waals surface area contributed by atoms with Crippen LogP contribution in [-0.4, -0.2) is 42.7 Å². The highest BCUT2D eigenvalue weighted by atomic mass is 32.2. The monoisotopic (exact) mass is 475 g/mol. The van der Waals surface area contributed by atoms with E-state index < -0.39 is 14.9 Å². The number of rotatable bonds is 7. The van der Waals surface area contributed by atoms with Crippen molar-refractivity contribution in [3.05, 3.63) is 57.6 Å². The molecule has 1 aliphatic rings. The summed E-state index contributed by atoms with van der Waals surface area (Å²) in [6.07, 6.45) is 0.788. The number of piperidine rings is 1. The predicted molar refractivity (Wildman–Crippen MR) is 125 cm³/mol. The largest absolute Gasteiger partial charge is 0.491 e. The highest BCUT2D eigenvalue weighted by molar-refractivity contribution is 7.89. The Kier molecular flexibility index (Phi) is 7.38. The van der Waals surface area contributed by atoms with Crippen LogP contribution in [0.15, 0.2) is 41.3 Å². The van der Waals surface area contributed by atoms with Gasteiger partial charge in [-0.1, -0.05) is 6.07 Å². The predicted octanol–water partition coefficient (Wildman–Crippen LogP) is 4.04. The molecule has 0 unspecified atom stereocenters. The second-order valence-corrected chi connectivity index (χ2v) is 10.4. The summed E-state index contributed by atoms with van der Waals surface area (Å²) in [5, 5.41) is 14.0. The van der Waals surface area contributed by atoms with Crippen molar-refractivity contribution in [2.24, 2.45) is 5.92 Å². The van der Waals surface area contributed by atoms with Gasteiger partial charge in [0.25, 0.3) is 5.69 Å². The number of ether oxygens (including phenoxy) is 1. The first-order chi connectivity index (χ1) is 15.5. The number of hydrogen-bond donors (Lipinski definition) is 1. The molecule has 0 saturated carbocycles. The SMILES string of the molecule is Cc1cc(OC(C)C)ccc1NC(=O)C1CCN(S(=O)(=O)c2cc([N+](=O)[O-])ccc2C)CC1. The van der Waals surface area contributed by atoms with E-state index in [1.807, 2.05) is 26.8 Å². The molecular weight excluding hydrogens is 446 g/mol. The lowest BCUT2D eigenvalue weighted by molar-refractivity contribution is -0.385. The fourth-order valence-electron chi connectivity index (χ4n) is 3.83. The zero-order chi connectivity index (χ0) is 24.3. The van der Waals surface area contributed by atoms with Crippen molar-refractivity contribution in [2.75, 3.05) is 18.4 Å². The Morgan fingerprint density at radius 1 is 1.12 bits per heavy atom. The molecular formula is C23H29N3O6S. The van der Waals surface area contributed by atoms with Crippen LogP contribution in [0, 0.1) is 29.9 Å². The average molecular weight is 476 g/mol. The van der Waals surface area contributed by atoms with Crippen molar-refractivity contribution in [1.82, 2.24) is 4.31 Å². The Morgan fingerprint density at radius 2 is 1.79 bits per heavy atom. The molecule has 1 fully saturated rings. The molecule has 0 radical (unpaired) electrons. The van der Waals surface area contributed by atoms with E-state index >= 15 is 0 Å². The summed E-state index contributed by atoms with van der Waals surface area (Å²) < 4.78 is 33.2. The van der Waals surface area contributed by atoms with E-state index in [0.717, 1.165) is 17.4 Å². The van der Waals surface area contributed by atoms with Crippen LogP contribution >= 0.6 is 0 Å². The van der Waals surface area contributed by atoms with E-state index in [-0.39, 0.29) is 41.6 Å². The van der Waals surface area contributed by atoms with Crippen LogP contribution in [0.2, 0.25) is 0 Å². The Labute approximate surface area is 193 Å². The van der Waals surface area contributed by atoms with Crippen LogP contribution in [0.25, 0.3) is 0 Å². The molecule has 0 aliphatic carbocycles. The van der Waals surface area contributed by atoms with Gasteiger partial charge in [0.05, 0.1) is 15.9 Å². The Hall–Kier alpha value is -2.98. The molecule has 0 aromatic heterocycles. The van der Waals surface area contributed by atoms with E-state index in [9.17, 15) is 23.3 Å². The average Bonchev–Trinajstić information content (AvgIpc) is 2.75.